The molecule has 0 saturated carbocycles. The molecule has 0 aliphatic carbocycles. The molecule has 5 nitrogen and oxygen atoms in total. The molecular formula is C11H12N4O. The molecule has 3 heterocycles. The molecule has 0 amide bonds. The van der Waals surface area contributed by atoms with E-state index in [-0.39, 0.29) is 0 Å². The zero-order chi connectivity index (χ0) is 10.8. The number of pyridine rings is 1. The Bertz CT molecular complexity index is 480. The first kappa shape index (κ1) is 9.47. The highest BCUT2D eigenvalue weighted by molar-refractivity contribution is 5.53. The zero-order valence-corrected chi connectivity index (χ0v) is 8.83. The summed E-state index contributed by atoms with van der Waals surface area (Å²) in [5, 5.41) is 8.43. The van der Waals surface area contributed by atoms with Gasteiger partial charge < -0.3 is 9.30 Å². The predicted octanol–water partition coefficient (Wildman–Crippen LogP) is 0.913. The van der Waals surface area contributed by atoms with E-state index < -0.39 is 0 Å². The van der Waals surface area contributed by atoms with Gasteiger partial charge in [0.2, 0.25) is 0 Å². The van der Waals surface area contributed by atoms with Gasteiger partial charge in [-0.2, -0.15) is 0 Å². The van der Waals surface area contributed by atoms with E-state index in [0.717, 1.165) is 43.4 Å². The Hall–Kier alpha value is -1.75. The summed E-state index contributed by atoms with van der Waals surface area (Å²) in [6.07, 6.45) is 4.39. The monoisotopic (exact) mass is 216 g/mol. The molecule has 2 aromatic heterocycles. The van der Waals surface area contributed by atoms with Crippen LogP contribution < -0.4 is 0 Å². The maximum Gasteiger partial charge on any atom is 0.165 e. The van der Waals surface area contributed by atoms with Gasteiger partial charge in [0.1, 0.15) is 5.82 Å². The normalized spacial score (nSPS) is 15.5. The third kappa shape index (κ3) is 1.59. The average Bonchev–Trinajstić information content (AvgIpc) is 2.60. The number of nitrogens with zero attached hydrogens (tertiary/aromatic N) is 4. The van der Waals surface area contributed by atoms with Gasteiger partial charge in [-0.3, -0.25) is 4.98 Å². The van der Waals surface area contributed by atoms with Crippen molar-refractivity contribution in [2.75, 3.05) is 13.2 Å². The first-order valence-electron chi connectivity index (χ1n) is 5.35. The van der Waals surface area contributed by atoms with E-state index in [1.54, 1.807) is 6.20 Å². The summed E-state index contributed by atoms with van der Waals surface area (Å²) in [5.41, 5.74) is 1.00. The van der Waals surface area contributed by atoms with Gasteiger partial charge in [0, 0.05) is 30.9 Å². The largest absolute Gasteiger partial charge is 0.379 e. The SMILES string of the molecule is c1cncc(-c2nnc3n2CCOCC3)c1. The fourth-order valence-electron chi connectivity index (χ4n) is 1.89. The molecule has 5 heteroatoms. The van der Waals surface area contributed by atoms with Crippen molar-refractivity contribution in [3.8, 4) is 11.4 Å². The zero-order valence-electron chi connectivity index (χ0n) is 8.83. The minimum absolute atomic E-state index is 0.721. The molecule has 0 fully saturated rings. The Balaban J connectivity index is 2.06. The van der Waals surface area contributed by atoms with Gasteiger partial charge in [0.05, 0.1) is 13.2 Å². The summed E-state index contributed by atoms with van der Waals surface area (Å²) < 4.78 is 7.54. The molecule has 16 heavy (non-hydrogen) atoms. The molecule has 0 N–H and O–H groups in total. The second kappa shape index (κ2) is 4.02. The highest BCUT2D eigenvalue weighted by Gasteiger charge is 2.15. The third-order valence-electron chi connectivity index (χ3n) is 2.68. The van der Waals surface area contributed by atoms with Crippen LogP contribution in [-0.4, -0.2) is 33.0 Å². The van der Waals surface area contributed by atoms with E-state index in [2.05, 4.69) is 19.7 Å². The Morgan fingerprint density at radius 3 is 3.12 bits per heavy atom. The molecule has 0 atom stereocenters. The first-order valence-corrected chi connectivity index (χ1v) is 5.35. The lowest BCUT2D eigenvalue weighted by Crippen LogP contribution is -2.05. The number of aromatic nitrogens is 4. The van der Waals surface area contributed by atoms with Crippen molar-refractivity contribution < 1.29 is 4.74 Å². The first-order chi connectivity index (χ1) is 7.95. The van der Waals surface area contributed by atoms with E-state index in [1.165, 1.54) is 0 Å². The molecule has 3 rings (SSSR count). The van der Waals surface area contributed by atoms with E-state index in [0.29, 0.717) is 0 Å². The minimum atomic E-state index is 0.721. The van der Waals surface area contributed by atoms with Gasteiger partial charge in [0.25, 0.3) is 0 Å². The van der Waals surface area contributed by atoms with Gasteiger partial charge in [-0.25, -0.2) is 0 Å². The van der Waals surface area contributed by atoms with Crippen LogP contribution in [0.5, 0.6) is 0 Å². The van der Waals surface area contributed by atoms with Crippen LogP contribution in [0.3, 0.4) is 0 Å². The molecule has 0 aromatic carbocycles. The van der Waals surface area contributed by atoms with Crippen molar-refractivity contribution >= 4 is 0 Å². The Kier molecular flexibility index (Phi) is 2.38. The molecular weight excluding hydrogens is 204 g/mol. The summed E-state index contributed by atoms with van der Waals surface area (Å²) >= 11 is 0. The summed E-state index contributed by atoms with van der Waals surface area (Å²) in [6.45, 7) is 2.26. The highest BCUT2D eigenvalue weighted by atomic mass is 16.5. The van der Waals surface area contributed by atoms with Gasteiger partial charge in [-0.15, -0.1) is 10.2 Å². The van der Waals surface area contributed by atoms with Crippen LogP contribution >= 0.6 is 0 Å². The molecule has 1 aliphatic rings. The van der Waals surface area contributed by atoms with E-state index >= 15 is 0 Å². The predicted molar refractivity (Wildman–Crippen MR) is 57.8 cm³/mol. The van der Waals surface area contributed by atoms with Crippen LogP contribution in [-0.2, 0) is 17.7 Å². The molecule has 82 valence electrons. The molecule has 0 radical (unpaired) electrons. The highest BCUT2D eigenvalue weighted by Crippen LogP contribution is 2.18. The molecule has 0 unspecified atom stereocenters. The molecule has 2 aromatic rings. The van der Waals surface area contributed by atoms with Crippen molar-refractivity contribution in [3.63, 3.8) is 0 Å². The number of fused-ring (bicyclic) bond motifs is 1. The van der Waals surface area contributed by atoms with Crippen LogP contribution in [0.1, 0.15) is 5.82 Å². The molecule has 0 bridgehead atoms. The number of hydrogen-bond donors (Lipinski definition) is 0. The van der Waals surface area contributed by atoms with Crippen LogP contribution in [0.2, 0.25) is 0 Å². The second-order valence-corrected chi connectivity index (χ2v) is 3.70. The minimum Gasteiger partial charge on any atom is -0.379 e. The smallest absolute Gasteiger partial charge is 0.165 e. The van der Waals surface area contributed by atoms with E-state index in [4.69, 9.17) is 4.74 Å². The quantitative estimate of drug-likeness (QED) is 0.711. The summed E-state index contributed by atoms with van der Waals surface area (Å²) in [5.74, 6) is 1.88. The van der Waals surface area contributed by atoms with Crippen molar-refractivity contribution in [1.82, 2.24) is 19.7 Å². The van der Waals surface area contributed by atoms with Crippen molar-refractivity contribution in [3.05, 3.63) is 30.4 Å². The lowest BCUT2D eigenvalue weighted by Gasteiger charge is -2.05. The standard InChI is InChI=1S/C11H12N4O/c1-2-9(8-12-4-1)11-14-13-10-3-6-16-7-5-15(10)11/h1-2,4,8H,3,5-7H2. The third-order valence-corrected chi connectivity index (χ3v) is 2.68. The fourth-order valence-corrected chi connectivity index (χ4v) is 1.89. The van der Waals surface area contributed by atoms with Crippen LogP contribution in [0.4, 0.5) is 0 Å². The van der Waals surface area contributed by atoms with Gasteiger partial charge >= 0.3 is 0 Å². The lowest BCUT2D eigenvalue weighted by atomic mass is 10.2. The number of rotatable bonds is 1. The maximum absolute atomic E-state index is 5.42. The molecule has 1 aliphatic heterocycles. The molecule has 0 saturated heterocycles. The lowest BCUT2D eigenvalue weighted by molar-refractivity contribution is 0.140. The Labute approximate surface area is 93.1 Å². The van der Waals surface area contributed by atoms with Gasteiger partial charge in [-0.1, -0.05) is 0 Å². The van der Waals surface area contributed by atoms with E-state index in [9.17, 15) is 0 Å². The van der Waals surface area contributed by atoms with Crippen molar-refractivity contribution in [2.45, 2.75) is 13.0 Å². The van der Waals surface area contributed by atoms with Crippen LogP contribution in [0.25, 0.3) is 11.4 Å². The fraction of sp³-hybridized carbons (Fsp3) is 0.364. The van der Waals surface area contributed by atoms with Gasteiger partial charge in [-0.05, 0) is 12.1 Å². The molecule has 0 spiro atoms. The number of hydrogen-bond acceptors (Lipinski definition) is 4. The van der Waals surface area contributed by atoms with Crippen molar-refractivity contribution in [1.29, 1.82) is 0 Å². The van der Waals surface area contributed by atoms with Crippen LogP contribution in [0.15, 0.2) is 24.5 Å². The van der Waals surface area contributed by atoms with Gasteiger partial charge in [0.15, 0.2) is 5.82 Å². The summed E-state index contributed by atoms with van der Waals surface area (Å²) in [7, 11) is 0. The Morgan fingerprint density at radius 2 is 2.25 bits per heavy atom. The van der Waals surface area contributed by atoms with E-state index in [1.807, 2.05) is 18.3 Å². The summed E-state index contributed by atoms with van der Waals surface area (Å²) in [4.78, 5) is 4.10. The van der Waals surface area contributed by atoms with Crippen LogP contribution in [0, 0.1) is 0 Å². The Morgan fingerprint density at radius 1 is 1.25 bits per heavy atom. The summed E-state index contributed by atoms with van der Waals surface area (Å²) in [6, 6.07) is 3.90. The van der Waals surface area contributed by atoms with Crippen molar-refractivity contribution in [2.24, 2.45) is 0 Å². The number of ether oxygens (including phenoxy) is 1. The topological polar surface area (TPSA) is 52.8 Å². The maximum atomic E-state index is 5.42. The second-order valence-electron chi connectivity index (χ2n) is 3.70. The average molecular weight is 216 g/mol.